The van der Waals surface area contributed by atoms with Crippen LogP contribution in [0.1, 0.15) is 28.3 Å². The maximum absolute atomic E-state index is 12.8. The minimum Gasteiger partial charge on any atom is -0.334 e. The van der Waals surface area contributed by atoms with Gasteiger partial charge in [0.05, 0.1) is 22.8 Å². The van der Waals surface area contributed by atoms with Gasteiger partial charge in [0, 0.05) is 32.1 Å². The second kappa shape index (κ2) is 7.30. The number of aryl methyl sites for hydroxylation is 1. The number of carbonyl (C=O) groups excluding carboxylic acids is 1. The Bertz CT molecular complexity index is 899. The number of carbonyl (C=O) groups is 1. The Morgan fingerprint density at radius 3 is 3.04 bits per heavy atom. The van der Waals surface area contributed by atoms with Gasteiger partial charge in [-0.25, -0.2) is 4.98 Å². The molecule has 0 unspecified atom stereocenters. The average molecular weight is 388 g/mol. The van der Waals surface area contributed by atoms with E-state index in [1.54, 1.807) is 27.6 Å². The average Bonchev–Trinajstić information content (AvgIpc) is 3.34. The Morgan fingerprint density at radius 2 is 2.23 bits per heavy atom. The van der Waals surface area contributed by atoms with Crippen LogP contribution in [0.4, 0.5) is 0 Å². The van der Waals surface area contributed by atoms with Gasteiger partial charge in [0.1, 0.15) is 5.01 Å². The van der Waals surface area contributed by atoms with Crippen LogP contribution in [-0.4, -0.2) is 51.1 Å². The molecule has 0 bridgehead atoms. The Labute approximate surface area is 160 Å². The second-order valence-electron chi connectivity index (χ2n) is 6.62. The molecule has 4 rings (SSSR count). The van der Waals surface area contributed by atoms with Crippen molar-refractivity contribution in [1.29, 1.82) is 0 Å². The van der Waals surface area contributed by atoms with Gasteiger partial charge in [-0.1, -0.05) is 6.07 Å². The summed E-state index contributed by atoms with van der Waals surface area (Å²) in [5.41, 5.74) is 2.54. The lowest BCUT2D eigenvalue weighted by molar-refractivity contribution is 0.0777. The molecule has 0 saturated carbocycles. The molecule has 0 fully saturated rings. The molecule has 0 saturated heterocycles. The lowest BCUT2D eigenvalue weighted by Gasteiger charge is -2.14. The molecule has 26 heavy (non-hydrogen) atoms. The highest BCUT2D eigenvalue weighted by atomic mass is 32.1. The quantitative estimate of drug-likeness (QED) is 0.690. The molecule has 8 heteroatoms. The largest absolute Gasteiger partial charge is 0.334 e. The number of thiophene rings is 1. The standard InChI is InChI=1S/C18H21N5OS2/c1-21-6-4-7-23-14(11-21)9-15(20-23)18(24)22(2)10-13-12-26-17(19-13)16-5-3-8-25-16/h3,5,8-9,12H,4,6-7,10-11H2,1-2H3. The summed E-state index contributed by atoms with van der Waals surface area (Å²) in [6.45, 7) is 3.25. The van der Waals surface area contributed by atoms with E-state index < -0.39 is 0 Å². The number of hydrogen-bond acceptors (Lipinski definition) is 6. The molecule has 6 nitrogen and oxygen atoms in total. The first-order valence-electron chi connectivity index (χ1n) is 8.59. The van der Waals surface area contributed by atoms with E-state index in [1.807, 2.05) is 34.6 Å². The van der Waals surface area contributed by atoms with Crippen molar-refractivity contribution >= 4 is 28.6 Å². The molecule has 0 aromatic carbocycles. The first-order chi connectivity index (χ1) is 12.6. The van der Waals surface area contributed by atoms with Gasteiger partial charge in [-0.2, -0.15) is 5.10 Å². The third-order valence-corrected chi connectivity index (χ3v) is 6.38. The Kier molecular flexibility index (Phi) is 4.88. The maximum Gasteiger partial charge on any atom is 0.274 e. The molecule has 136 valence electrons. The fourth-order valence-electron chi connectivity index (χ4n) is 3.13. The smallest absolute Gasteiger partial charge is 0.274 e. The predicted octanol–water partition coefficient (Wildman–Crippen LogP) is 3.18. The summed E-state index contributed by atoms with van der Waals surface area (Å²) in [5, 5.41) is 9.62. The van der Waals surface area contributed by atoms with Gasteiger partial charge >= 0.3 is 0 Å². The van der Waals surface area contributed by atoms with Crippen LogP contribution in [0.2, 0.25) is 0 Å². The van der Waals surface area contributed by atoms with Gasteiger partial charge in [-0.05, 0) is 31.0 Å². The Balaban J connectivity index is 1.46. The van der Waals surface area contributed by atoms with Crippen molar-refractivity contribution in [3.05, 3.63) is 46.0 Å². The zero-order valence-corrected chi connectivity index (χ0v) is 16.5. The van der Waals surface area contributed by atoms with Crippen LogP contribution in [0.5, 0.6) is 0 Å². The van der Waals surface area contributed by atoms with Gasteiger partial charge in [-0.3, -0.25) is 9.48 Å². The van der Waals surface area contributed by atoms with E-state index in [1.165, 1.54) is 0 Å². The number of thiazole rings is 1. The minimum atomic E-state index is -0.0566. The highest BCUT2D eigenvalue weighted by Gasteiger charge is 2.21. The summed E-state index contributed by atoms with van der Waals surface area (Å²) in [6.07, 6.45) is 1.05. The topological polar surface area (TPSA) is 54.3 Å². The predicted molar refractivity (Wildman–Crippen MR) is 104 cm³/mol. The zero-order valence-electron chi connectivity index (χ0n) is 14.9. The molecular formula is C18H21N5OS2. The zero-order chi connectivity index (χ0) is 18.1. The number of rotatable bonds is 4. The number of amides is 1. The third kappa shape index (κ3) is 3.58. The molecule has 3 aromatic heterocycles. The molecule has 0 radical (unpaired) electrons. The van der Waals surface area contributed by atoms with Crippen molar-refractivity contribution < 1.29 is 4.79 Å². The fourth-order valence-corrected chi connectivity index (χ4v) is 4.76. The second-order valence-corrected chi connectivity index (χ2v) is 8.42. The van der Waals surface area contributed by atoms with Crippen LogP contribution >= 0.6 is 22.7 Å². The van der Waals surface area contributed by atoms with Crippen LogP contribution in [0, 0.1) is 0 Å². The summed E-state index contributed by atoms with van der Waals surface area (Å²) in [7, 11) is 3.91. The molecule has 1 amide bonds. The molecule has 0 aliphatic carbocycles. The third-order valence-electron chi connectivity index (χ3n) is 4.45. The first-order valence-corrected chi connectivity index (χ1v) is 10.3. The van der Waals surface area contributed by atoms with Crippen molar-refractivity contribution in [2.45, 2.75) is 26.1 Å². The van der Waals surface area contributed by atoms with Crippen molar-refractivity contribution in [2.24, 2.45) is 0 Å². The Morgan fingerprint density at radius 1 is 1.35 bits per heavy atom. The van der Waals surface area contributed by atoms with E-state index in [0.29, 0.717) is 12.2 Å². The molecule has 0 spiro atoms. The van der Waals surface area contributed by atoms with Crippen molar-refractivity contribution in [3.8, 4) is 9.88 Å². The molecular weight excluding hydrogens is 366 g/mol. The van der Waals surface area contributed by atoms with Gasteiger partial charge in [0.15, 0.2) is 5.69 Å². The molecule has 0 N–H and O–H groups in total. The monoisotopic (exact) mass is 387 g/mol. The van der Waals surface area contributed by atoms with E-state index in [0.717, 1.165) is 47.3 Å². The van der Waals surface area contributed by atoms with Gasteiger partial charge in [-0.15, -0.1) is 22.7 Å². The number of fused-ring (bicyclic) bond motifs is 1. The van der Waals surface area contributed by atoms with Crippen LogP contribution in [-0.2, 0) is 19.6 Å². The minimum absolute atomic E-state index is 0.0566. The molecule has 3 aromatic rings. The normalized spacial score (nSPS) is 14.8. The van der Waals surface area contributed by atoms with E-state index in [4.69, 9.17) is 0 Å². The van der Waals surface area contributed by atoms with Crippen LogP contribution in [0.25, 0.3) is 9.88 Å². The molecule has 1 aliphatic rings. The van der Waals surface area contributed by atoms with Gasteiger partial charge in [0.25, 0.3) is 5.91 Å². The lowest BCUT2D eigenvalue weighted by Crippen LogP contribution is -2.27. The van der Waals surface area contributed by atoms with Crippen LogP contribution in [0.15, 0.2) is 29.0 Å². The molecule has 0 atom stereocenters. The summed E-state index contributed by atoms with van der Waals surface area (Å²) in [6, 6.07) is 6.02. The van der Waals surface area contributed by atoms with Gasteiger partial charge in [0.2, 0.25) is 0 Å². The maximum atomic E-state index is 12.8. The van der Waals surface area contributed by atoms with Crippen LogP contribution in [0.3, 0.4) is 0 Å². The SMILES string of the molecule is CN1CCCn2nc(C(=O)N(C)Cc3csc(-c4cccs4)n3)cc2C1. The summed E-state index contributed by atoms with van der Waals surface area (Å²) in [5.74, 6) is -0.0566. The highest BCUT2D eigenvalue weighted by Crippen LogP contribution is 2.28. The summed E-state index contributed by atoms with van der Waals surface area (Å²) < 4.78 is 1.97. The van der Waals surface area contributed by atoms with Crippen molar-refractivity contribution in [1.82, 2.24) is 24.6 Å². The summed E-state index contributed by atoms with van der Waals surface area (Å²) >= 11 is 3.30. The number of hydrogen-bond donors (Lipinski definition) is 0. The molecule has 4 heterocycles. The highest BCUT2D eigenvalue weighted by molar-refractivity contribution is 7.20. The van der Waals surface area contributed by atoms with Crippen molar-refractivity contribution in [2.75, 3.05) is 20.6 Å². The van der Waals surface area contributed by atoms with E-state index >= 15 is 0 Å². The Hall–Kier alpha value is -2.03. The van der Waals surface area contributed by atoms with E-state index in [9.17, 15) is 4.79 Å². The van der Waals surface area contributed by atoms with Crippen LogP contribution < -0.4 is 0 Å². The number of aromatic nitrogens is 3. The first kappa shape index (κ1) is 17.4. The van der Waals surface area contributed by atoms with Gasteiger partial charge < -0.3 is 9.80 Å². The fraction of sp³-hybridized carbons (Fsp3) is 0.389. The lowest BCUT2D eigenvalue weighted by atomic mass is 10.3. The van der Waals surface area contributed by atoms with Crippen molar-refractivity contribution in [3.63, 3.8) is 0 Å². The molecule has 1 aliphatic heterocycles. The number of nitrogens with zero attached hydrogens (tertiary/aromatic N) is 5. The van der Waals surface area contributed by atoms with E-state index in [2.05, 4.69) is 28.1 Å². The van der Waals surface area contributed by atoms with E-state index in [-0.39, 0.29) is 5.91 Å². The summed E-state index contributed by atoms with van der Waals surface area (Å²) in [4.78, 5) is 22.6.